The van der Waals surface area contributed by atoms with Gasteiger partial charge in [-0.2, -0.15) is 0 Å². The molecule has 20 heavy (non-hydrogen) atoms. The molecule has 0 spiro atoms. The van der Waals surface area contributed by atoms with Gasteiger partial charge in [0, 0.05) is 32.4 Å². The molecule has 0 aliphatic carbocycles. The van der Waals surface area contributed by atoms with Crippen molar-refractivity contribution in [1.29, 1.82) is 0 Å². The summed E-state index contributed by atoms with van der Waals surface area (Å²) >= 11 is 0. The predicted molar refractivity (Wildman–Crippen MR) is 77.0 cm³/mol. The van der Waals surface area contributed by atoms with Gasteiger partial charge in [0.1, 0.15) is 0 Å². The van der Waals surface area contributed by atoms with Crippen molar-refractivity contribution >= 4 is 17.5 Å². The number of amides is 2. The highest BCUT2D eigenvalue weighted by Crippen LogP contribution is 2.09. The van der Waals surface area contributed by atoms with Gasteiger partial charge in [-0.05, 0) is 17.7 Å². The number of hydrogen-bond acceptors (Lipinski definition) is 4. The molecule has 0 aromatic heterocycles. The molecule has 1 aromatic carbocycles. The molecule has 1 aliphatic heterocycles. The number of rotatable bonds is 4. The summed E-state index contributed by atoms with van der Waals surface area (Å²) in [6.07, 6.45) is 0. The molecule has 108 valence electrons. The Morgan fingerprint density at radius 2 is 2.00 bits per heavy atom. The van der Waals surface area contributed by atoms with Gasteiger partial charge in [-0.25, -0.2) is 0 Å². The van der Waals surface area contributed by atoms with E-state index in [9.17, 15) is 9.59 Å². The predicted octanol–water partition coefficient (Wildman–Crippen LogP) is -0.142. The van der Waals surface area contributed by atoms with E-state index >= 15 is 0 Å². The summed E-state index contributed by atoms with van der Waals surface area (Å²) in [5.74, 6) is -0.0563. The average molecular weight is 276 g/mol. The minimum Gasteiger partial charge on any atom is -0.343 e. The Hall–Kier alpha value is -1.92. The number of nitrogens with zero attached hydrogens (tertiary/aromatic N) is 2. The van der Waals surface area contributed by atoms with Crippen molar-refractivity contribution < 1.29 is 9.59 Å². The molecule has 0 atom stereocenters. The van der Waals surface area contributed by atoms with Crippen molar-refractivity contribution in [2.45, 2.75) is 6.54 Å². The molecule has 1 aliphatic rings. The van der Waals surface area contributed by atoms with E-state index in [0.717, 1.165) is 17.8 Å². The third-order valence-corrected chi connectivity index (χ3v) is 3.38. The van der Waals surface area contributed by atoms with Crippen LogP contribution in [0, 0.1) is 0 Å². The lowest BCUT2D eigenvalue weighted by atomic mass is 10.2. The fourth-order valence-electron chi connectivity index (χ4n) is 2.07. The van der Waals surface area contributed by atoms with Crippen LogP contribution in [0.3, 0.4) is 0 Å². The van der Waals surface area contributed by atoms with Crippen molar-refractivity contribution in [1.82, 2.24) is 9.80 Å². The Labute approximate surface area is 118 Å². The standard InChI is InChI=1S/C14H20N4O2/c1-17-6-7-18(10-14(17)20)9-13(19)16-12-4-2-11(8-15)3-5-12/h2-5H,6-10,15H2,1H3,(H,16,19). The number of piperazine rings is 1. The summed E-state index contributed by atoms with van der Waals surface area (Å²) in [5.41, 5.74) is 7.28. The summed E-state index contributed by atoms with van der Waals surface area (Å²) in [6.45, 7) is 2.41. The number of carbonyl (C=O) groups excluding carboxylic acids is 2. The van der Waals surface area contributed by atoms with Gasteiger partial charge >= 0.3 is 0 Å². The molecule has 2 amide bonds. The monoisotopic (exact) mass is 276 g/mol. The first-order chi connectivity index (χ1) is 9.58. The smallest absolute Gasteiger partial charge is 0.238 e. The van der Waals surface area contributed by atoms with E-state index in [1.807, 2.05) is 29.2 Å². The van der Waals surface area contributed by atoms with Crippen LogP contribution in [0.15, 0.2) is 24.3 Å². The SMILES string of the molecule is CN1CCN(CC(=O)Nc2ccc(CN)cc2)CC1=O. The first kappa shape index (κ1) is 14.5. The molecular formula is C14H20N4O2. The highest BCUT2D eigenvalue weighted by molar-refractivity contribution is 5.92. The fourth-order valence-corrected chi connectivity index (χ4v) is 2.07. The number of nitrogens with one attached hydrogen (secondary N) is 1. The average Bonchev–Trinajstić information content (AvgIpc) is 2.44. The molecule has 6 heteroatoms. The van der Waals surface area contributed by atoms with Crippen LogP contribution in [0.4, 0.5) is 5.69 Å². The molecule has 0 bridgehead atoms. The summed E-state index contributed by atoms with van der Waals surface area (Å²) < 4.78 is 0. The quantitative estimate of drug-likeness (QED) is 0.802. The molecule has 2 rings (SSSR count). The summed E-state index contributed by atoms with van der Waals surface area (Å²) in [5, 5.41) is 2.82. The highest BCUT2D eigenvalue weighted by Gasteiger charge is 2.22. The largest absolute Gasteiger partial charge is 0.343 e. The second-order valence-electron chi connectivity index (χ2n) is 4.98. The summed E-state index contributed by atoms with van der Waals surface area (Å²) in [6, 6.07) is 7.43. The van der Waals surface area contributed by atoms with Crippen molar-refractivity contribution in [3.8, 4) is 0 Å². The van der Waals surface area contributed by atoms with E-state index in [1.54, 1.807) is 11.9 Å². The van der Waals surface area contributed by atoms with Crippen LogP contribution in [0.25, 0.3) is 0 Å². The van der Waals surface area contributed by atoms with Gasteiger partial charge < -0.3 is 16.0 Å². The van der Waals surface area contributed by atoms with Crippen molar-refractivity contribution in [3.05, 3.63) is 29.8 Å². The third-order valence-electron chi connectivity index (χ3n) is 3.38. The van der Waals surface area contributed by atoms with Gasteiger partial charge in [0.25, 0.3) is 0 Å². The van der Waals surface area contributed by atoms with Crippen LogP contribution in [-0.4, -0.2) is 54.8 Å². The van der Waals surface area contributed by atoms with Gasteiger partial charge in [-0.3, -0.25) is 14.5 Å². The van der Waals surface area contributed by atoms with Crippen LogP contribution >= 0.6 is 0 Å². The van der Waals surface area contributed by atoms with Gasteiger partial charge in [-0.15, -0.1) is 0 Å². The zero-order valence-electron chi connectivity index (χ0n) is 11.6. The normalized spacial score (nSPS) is 16.3. The number of nitrogens with two attached hydrogens (primary N) is 1. The highest BCUT2D eigenvalue weighted by atomic mass is 16.2. The van der Waals surface area contributed by atoms with Gasteiger partial charge in [0.2, 0.25) is 11.8 Å². The van der Waals surface area contributed by atoms with E-state index in [1.165, 1.54) is 0 Å². The minimum atomic E-state index is -0.108. The number of hydrogen-bond donors (Lipinski definition) is 2. The minimum absolute atomic E-state index is 0.0522. The van der Waals surface area contributed by atoms with Gasteiger partial charge in [0.05, 0.1) is 13.1 Å². The van der Waals surface area contributed by atoms with Crippen LogP contribution in [0.2, 0.25) is 0 Å². The Morgan fingerprint density at radius 1 is 1.30 bits per heavy atom. The molecule has 1 heterocycles. The molecule has 0 radical (unpaired) electrons. The summed E-state index contributed by atoms with van der Waals surface area (Å²) in [4.78, 5) is 27.0. The Bertz CT molecular complexity index is 486. The van der Waals surface area contributed by atoms with Gasteiger partial charge in [0.15, 0.2) is 0 Å². The molecule has 1 fully saturated rings. The molecular weight excluding hydrogens is 256 g/mol. The number of anilines is 1. The number of likely N-dealkylation sites (N-methyl/N-ethyl adjacent to an activating group) is 1. The van der Waals surface area contributed by atoms with Crippen LogP contribution in [0.5, 0.6) is 0 Å². The maximum atomic E-state index is 11.9. The van der Waals surface area contributed by atoms with E-state index in [4.69, 9.17) is 5.73 Å². The van der Waals surface area contributed by atoms with E-state index in [-0.39, 0.29) is 18.4 Å². The number of carbonyl (C=O) groups is 2. The Balaban J connectivity index is 1.84. The molecule has 0 unspecified atom stereocenters. The maximum absolute atomic E-state index is 11.9. The second kappa shape index (κ2) is 6.49. The zero-order chi connectivity index (χ0) is 14.5. The first-order valence-electron chi connectivity index (χ1n) is 6.63. The lowest BCUT2D eigenvalue weighted by Gasteiger charge is -2.31. The Kier molecular flexibility index (Phi) is 4.70. The Morgan fingerprint density at radius 3 is 2.60 bits per heavy atom. The molecule has 0 saturated carbocycles. The van der Waals surface area contributed by atoms with E-state index in [0.29, 0.717) is 19.6 Å². The van der Waals surface area contributed by atoms with Gasteiger partial charge in [-0.1, -0.05) is 12.1 Å². The fraction of sp³-hybridized carbons (Fsp3) is 0.429. The van der Waals surface area contributed by atoms with E-state index < -0.39 is 0 Å². The topological polar surface area (TPSA) is 78.7 Å². The lowest BCUT2D eigenvalue weighted by Crippen LogP contribution is -2.50. The molecule has 6 nitrogen and oxygen atoms in total. The van der Waals surface area contributed by atoms with Crippen molar-refractivity contribution in [3.63, 3.8) is 0 Å². The van der Waals surface area contributed by atoms with Crippen LogP contribution < -0.4 is 11.1 Å². The summed E-state index contributed by atoms with van der Waals surface area (Å²) in [7, 11) is 1.78. The number of benzene rings is 1. The van der Waals surface area contributed by atoms with Crippen molar-refractivity contribution in [2.75, 3.05) is 38.5 Å². The molecule has 1 saturated heterocycles. The maximum Gasteiger partial charge on any atom is 0.238 e. The lowest BCUT2D eigenvalue weighted by molar-refractivity contribution is -0.135. The van der Waals surface area contributed by atoms with Crippen molar-refractivity contribution in [2.24, 2.45) is 5.73 Å². The second-order valence-corrected chi connectivity index (χ2v) is 4.98. The van der Waals surface area contributed by atoms with E-state index in [2.05, 4.69) is 5.32 Å². The molecule has 1 aromatic rings. The first-order valence-corrected chi connectivity index (χ1v) is 6.63. The third kappa shape index (κ3) is 3.79. The zero-order valence-corrected chi connectivity index (χ0v) is 11.6. The van der Waals surface area contributed by atoms with Crippen LogP contribution in [0.1, 0.15) is 5.56 Å². The van der Waals surface area contributed by atoms with Crippen LogP contribution in [-0.2, 0) is 16.1 Å². The molecule has 3 N–H and O–H groups in total.